The number of likely N-dealkylation sites (tertiary alicyclic amines) is 1. The molecule has 0 saturated carbocycles. The molecule has 1 unspecified atom stereocenters. The zero-order valence-electron chi connectivity index (χ0n) is 13.0. The summed E-state index contributed by atoms with van der Waals surface area (Å²) in [6, 6.07) is 0.207. The molecule has 20 heavy (non-hydrogen) atoms. The van der Waals surface area contributed by atoms with Gasteiger partial charge >= 0.3 is 0 Å². The molecule has 116 valence electrons. The summed E-state index contributed by atoms with van der Waals surface area (Å²) in [4.78, 5) is 25.8. The number of rotatable bonds is 6. The lowest BCUT2D eigenvalue weighted by Gasteiger charge is -2.33. The van der Waals surface area contributed by atoms with Crippen molar-refractivity contribution in [3.8, 4) is 0 Å². The maximum atomic E-state index is 12.0. The van der Waals surface area contributed by atoms with Gasteiger partial charge in [-0.1, -0.05) is 20.8 Å². The number of amides is 2. The predicted molar refractivity (Wildman–Crippen MR) is 80.0 cm³/mol. The second-order valence-electron chi connectivity index (χ2n) is 6.09. The number of carbonyl (C=O) groups excluding carboxylic acids is 2. The summed E-state index contributed by atoms with van der Waals surface area (Å²) in [5, 5.41) is 3.10. The van der Waals surface area contributed by atoms with Crippen molar-refractivity contribution in [2.24, 2.45) is 17.6 Å². The first-order chi connectivity index (χ1) is 9.45. The first-order valence-electron chi connectivity index (χ1n) is 7.75. The van der Waals surface area contributed by atoms with Crippen molar-refractivity contribution in [2.45, 2.75) is 52.5 Å². The number of carbonyl (C=O) groups is 2. The molecule has 0 aromatic rings. The van der Waals surface area contributed by atoms with Gasteiger partial charge in [-0.15, -0.1) is 0 Å². The van der Waals surface area contributed by atoms with Gasteiger partial charge in [0.25, 0.3) is 0 Å². The van der Waals surface area contributed by atoms with Crippen LogP contribution in [0.15, 0.2) is 0 Å². The molecule has 0 aliphatic carbocycles. The SMILES string of the molecule is CC(C)C(=O)N1CCC(NC(=O)C(C)CCCN)CC1. The summed E-state index contributed by atoms with van der Waals surface area (Å²) in [6.07, 6.45) is 3.44. The average Bonchev–Trinajstić information content (AvgIpc) is 2.44. The van der Waals surface area contributed by atoms with E-state index in [4.69, 9.17) is 5.73 Å². The molecule has 0 aromatic heterocycles. The second kappa shape index (κ2) is 8.25. The number of nitrogens with one attached hydrogen (secondary N) is 1. The number of hydrogen-bond acceptors (Lipinski definition) is 3. The fourth-order valence-electron chi connectivity index (χ4n) is 2.51. The minimum absolute atomic E-state index is 0.0221. The van der Waals surface area contributed by atoms with Crippen molar-refractivity contribution in [1.29, 1.82) is 0 Å². The van der Waals surface area contributed by atoms with Crippen molar-refractivity contribution >= 4 is 11.8 Å². The third-order valence-electron chi connectivity index (χ3n) is 3.94. The van der Waals surface area contributed by atoms with E-state index in [2.05, 4.69) is 5.32 Å². The quantitative estimate of drug-likeness (QED) is 0.767. The largest absolute Gasteiger partial charge is 0.353 e. The molecule has 1 aliphatic rings. The van der Waals surface area contributed by atoms with Crippen LogP contribution < -0.4 is 11.1 Å². The van der Waals surface area contributed by atoms with E-state index in [1.807, 2.05) is 25.7 Å². The smallest absolute Gasteiger partial charge is 0.225 e. The Kier molecular flexibility index (Phi) is 6.99. The van der Waals surface area contributed by atoms with Crippen molar-refractivity contribution in [2.75, 3.05) is 19.6 Å². The van der Waals surface area contributed by atoms with Gasteiger partial charge in [-0.05, 0) is 32.2 Å². The Morgan fingerprint density at radius 2 is 1.85 bits per heavy atom. The molecule has 5 nitrogen and oxygen atoms in total. The van der Waals surface area contributed by atoms with E-state index in [-0.39, 0.29) is 29.7 Å². The zero-order valence-corrected chi connectivity index (χ0v) is 13.0. The van der Waals surface area contributed by atoms with E-state index in [1.54, 1.807) is 0 Å². The van der Waals surface area contributed by atoms with Gasteiger partial charge in [0.2, 0.25) is 11.8 Å². The predicted octanol–water partition coefficient (Wildman–Crippen LogP) is 1.12. The third kappa shape index (κ3) is 5.12. The van der Waals surface area contributed by atoms with Gasteiger partial charge in [-0.3, -0.25) is 9.59 Å². The maximum absolute atomic E-state index is 12.0. The van der Waals surface area contributed by atoms with Crippen LogP contribution in [-0.2, 0) is 9.59 Å². The fourth-order valence-corrected chi connectivity index (χ4v) is 2.51. The summed E-state index contributed by atoms with van der Waals surface area (Å²) < 4.78 is 0. The van der Waals surface area contributed by atoms with Gasteiger partial charge in [0.05, 0.1) is 0 Å². The van der Waals surface area contributed by atoms with Gasteiger partial charge in [0, 0.05) is 31.0 Å². The van der Waals surface area contributed by atoms with Crippen LogP contribution in [0.5, 0.6) is 0 Å². The van der Waals surface area contributed by atoms with Crippen LogP contribution in [0.3, 0.4) is 0 Å². The average molecular weight is 283 g/mol. The van der Waals surface area contributed by atoms with Crippen LogP contribution in [0.4, 0.5) is 0 Å². The highest BCUT2D eigenvalue weighted by molar-refractivity contribution is 5.79. The fraction of sp³-hybridized carbons (Fsp3) is 0.867. The van der Waals surface area contributed by atoms with Crippen molar-refractivity contribution in [1.82, 2.24) is 10.2 Å². The lowest BCUT2D eigenvalue weighted by atomic mass is 10.0. The van der Waals surface area contributed by atoms with E-state index in [1.165, 1.54) is 0 Å². The molecule has 2 amide bonds. The van der Waals surface area contributed by atoms with Gasteiger partial charge < -0.3 is 16.0 Å². The van der Waals surface area contributed by atoms with Crippen molar-refractivity contribution in [3.05, 3.63) is 0 Å². The molecule has 1 fully saturated rings. The molecule has 0 radical (unpaired) electrons. The highest BCUT2D eigenvalue weighted by Crippen LogP contribution is 2.14. The Morgan fingerprint density at radius 3 is 2.35 bits per heavy atom. The normalized spacial score (nSPS) is 18.1. The van der Waals surface area contributed by atoms with E-state index in [0.717, 1.165) is 38.8 Å². The Hall–Kier alpha value is -1.10. The summed E-state index contributed by atoms with van der Waals surface area (Å²) >= 11 is 0. The molecule has 0 spiro atoms. The van der Waals surface area contributed by atoms with Crippen molar-refractivity contribution < 1.29 is 9.59 Å². The van der Waals surface area contributed by atoms with E-state index in [0.29, 0.717) is 6.54 Å². The van der Waals surface area contributed by atoms with E-state index >= 15 is 0 Å². The highest BCUT2D eigenvalue weighted by Gasteiger charge is 2.25. The molecule has 1 atom stereocenters. The van der Waals surface area contributed by atoms with E-state index in [9.17, 15) is 9.59 Å². The standard InChI is InChI=1S/C15H29N3O2/c1-11(2)15(20)18-9-6-13(7-10-18)17-14(19)12(3)5-4-8-16/h11-13H,4-10,16H2,1-3H3,(H,17,19). The molecule has 1 heterocycles. The van der Waals surface area contributed by atoms with Gasteiger partial charge in [0.1, 0.15) is 0 Å². The van der Waals surface area contributed by atoms with Crippen LogP contribution in [-0.4, -0.2) is 42.4 Å². The molecule has 3 N–H and O–H groups in total. The number of piperidine rings is 1. The first kappa shape index (κ1) is 17.0. The summed E-state index contributed by atoms with van der Waals surface area (Å²) in [5.41, 5.74) is 5.46. The minimum Gasteiger partial charge on any atom is -0.353 e. The van der Waals surface area contributed by atoms with Gasteiger partial charge in [-0.25, -0.2) is 0 Å². The zero-order chi connectivity index (χ0) is 15.1. The van der Waals surface area contributed by atoms with Crippen LogP contribution >= 0.6 is 0 Å². The van der Waals surface area contributed by atoms with Crippen LogP contribution in [0.25, 0.3) is 0 Å². The number of nitrogens with two attached hydrogens (primary N) is 1. The topological polar surface area (TPSA) is 75.4 Å². The Balaban J connectivity index is 2.31. The summed E-state index contributed by atoms with van der Waals surface area (Å²) in [5.74, 6) is 0.407. The lowest BCUT2D eigenvalue weighted by Crippen LogP contribution is -2.48. The molecule has 1 aliphatic heterocycles. The monoisotopic (exact) mass is 283 g/mol. The molecule has 1 rings (SSSR count). The summed E-state index contributed by atoms with van der Waals surface area (Å²) in [6.45, 7) is 7.93. The Bertz CT molecular complexity index is 323. The third-order valence-corrected chi connectivity index (χ3v) is 3.94. The Morgan fingerprint density at radius 1 is 1.25 bits per heavy atom. The minimum atomic E-state index is 0.0221. The van der Waals surface area contributed by atoms with Crippen LogP contribution in [0.2, 0.25) is 0 Å². The van der Waals surface area contributed by atoms with Crippen LogP contribution in [0, 0.1) is 11.8 Å². The second-order valence-corrected chi connectivity index (χ2v) is 6.09. The molecule has 0 bridgehead atoms. The molecule has 5 heteroatoms. The molecular formula is C15H29N3O2. The number of hydrogen-bond donors (Lipinski definition) is 2. The maximum Gasteiger partial charge on any atom is 0.225 e. The molecule has 1 saturated heterocycles. The van der Waals surface area contributed by atoms with Gasteiger partial charge in [-0.2, -0.15) is 0 Å². The lowest BCUT2D eigenvalue weighted by molar-refractivity contribution is -0.135. The Labute approximate surface area is 122 Å². The molecular weight excluding hydrogens is 254 g/mol. The first-order valence-corrected chi connectivity index (χ1v) is 7.75. The summed E-state index contributed by atoms with van der Waals surface area (Å²) in [7, 11) is 0. The van der Waals surface area contributed by atoms with Crippen molar-refractivity contribution in [3.63, 3.8) is 0 Å². The molecule has 0 aromatic carbocycles. The number of nitrogens with zero attached hydrogens (tertiary/aromatic N) is 1. The van der Waals surface area contributed by atoms with Crippen LogP contribution in [0.1, 0.15) is 46.5 Å². The highest BCUT2D eigenvalue weighted by atomic mass is 16.2. The van der Waals surface area contributed by atoms with Gasteiger partial charge in [0.15, 0.2) is 0 Å². The van der Waals surface area contributed by atoms with E-state index < -0.39 is 0 Å².